The van der Waals surface area contributed by atoms with Crippen molar-refractivity contribution in [3.05, 3.63) is 23.8 Å². The standard InChI is InChI=1S/C14H21N3O3/c1-4-9(5-2)14(18)16-12-10(13(15)17-19)7-6-8-11(12)20-3/h6-9,19H,4-5H2,1-3H3,(H2,15,17)(H,16,18). The van der Waals surface area contributed by atoms with Crippen molar-refractivity contribution in [1.82, 2.24) is 0 Å². The number of hydrogen-bond acceptors (Lipinski definition) is 4. The Morgan fingerprint density at radius 3 is 2.60 bits per heavy atom. The number of nitrogens with one attached hydrogen (secondary N) is 1. The molecule has 110 valence electrons. The fourth-order valence-electron chi connectivity index (χ4n) is 1.98. The Labute approximate surface area is 118 Å². The van der Waals surface area contributed by atoms with Crippen LogP contribution >= 0.6 is 0 Å². The first kappa shape index (κ1) is 15.8. The number of benzene rings is 1. The third kappa shape index (κ3) is 3.40. The number of ether oxygens (including phenoxy) is 1. The smallest absolute Gasteiger partial charge is 0.227 e. The van der Waals surface area contributed by atoms with Crippen molar-refractivity contribution in [2.24, 2.45) is 16.8 Å². The van der Waals surface area contributed by atoms with Gasteiger partial charge < -0.3 is 21.0 Å². The van der Waals surface area contributed by atoms with E-state index in [0.717, 1.165) is 12.8 Å². The second-order valence-corrected chi connectivity index (χ2v) is 4.37. The van der Waals surface area contributed by atoms with Gasteiger partial charge in [-0.1, -0.05) is 25.1 Å². The van der Waals surface area contributed by atoms with E-state index in [1.165, 1.54) is 7.11 Å². The maximum Gasteiger partial charge on any atom is 0.227 e. The molecule has 0 radical (unpaired) electrons. The first-order valence-corrected chi connectivity index (χ1v) is 6.54. The third-order valence-electron chi connectivity index (χ3n) is 3.23. The molecule has 0 saturated heterocycles. The molecular formula is C14H21N3O3. The molecule has 0 heterocycles. The summed E-state index contributed by atoms with van der Waals surface area (Å²) in [7, 11) is 1.50. The number of hydrogen-bond donors (Lipinski definition) is 3. The topological polar surface area (TPSA) is 96.9 Å². The van der Waals surface area contributed by atoms with Crippen LogP contribution in [0.5, 0.6) is 5.75 Å². The molecule has 0 aliphatic carbocycles. The minimum Gasteiger partial charge on any atom is -0.495 e. The van der Waals surface area contributed by atoms with Crippen LogP contribution in [0.2, 0.25) is 0 Å². The van der Waals surface area contributed by atoms with Gasteiger partial charge in [-0.25, -0.2) is 0 Å². The number of para-hydroxylation sites is 1. The quantitative estimate of drug-likeness (QED) is 0.322. The first-order valence-electron chi connectivity index (χ1n) is 6.54. The van der Waals surface area contributed by atoms with E-state index in [2.05, 4.69) is 10.5 Å². The molecule has 1 aromatic rings. The van der Waals surface area contributed by atoms with Crippen LogP contribution in [0, 0.1) is 5.92 Å². The maximum atomic E-state index is 12.2. The lowest BCUT2D eigenvalue weighted by Gasteiger charge is -2.17. The molecule has 1 rings (SSSR count). The summed E-state index contributed by atoms with van der Waals surface area (Å²) in [6.45, 7) is 3.92. The van der Waals surface area contributed by atoms with Gasteiger partial charge >= 0.3 is 0 Å². The highest BCUT2D eigenvalue weighted by Gasteiger charge is 2.19. The number of rotatable bonds is 6. The first-order chi connectivity index (χ1) is 9.58. The molecule has 4 N–H and O–H groups in total. The van der Waals surface area contributed by atoms with Crippen molar-refractivity contribution >= 4 is 17.4 Å². The van der Waals surface area contributed by atoms with Crippen molar-refractivity contribution in [3.63, 3.8) is 0 Å². The molecule has 0 aromatic heterocycles. The molecule has 0 aliphatic heterocycles. The molecule has 20 heavy (non-hydrogen) atoms. The summed E-state index contributed by atoms with van der Waals surface area (Å²) in [4.78, 5) is 12.2. The Morgan fingerprint density at radius 1 is 1.45 bits per heavy atom. The molecule has 1 amide bonds. The van der Waals surface area contributed by atoms with E-state index in [1.807, 2.05) is 13.8 Å². The predicted octanol–water partition coefficient (Wildman–Crippen LogP) is 2.16. The highest BCUT2D eigenvalue weighted by atomic mass is 16.5. The van der Waals surface area contributed by atoms with Gasteiger partial charge in [0.1, 0.15) is 5.75 Å². The molecule has 0 atom stereocenters. The van der Waals surface area contributed by atoms with Gasteiger partial charge in [0.2, 0.25) is 5.91 Å². The summed E-state index contributed by atoms with van der Waals surface area (Å²) < 4.78 is 5.22. The van der Waals surface area contributed by atoms with Crippen LogP contribution in [-0.2, 0) is 4.79 Å². The maximum absolute atomic E-state index is 12.2. The average molecular weight is 279 g/mol. The summed E-state index contributed by atoms with van der Waals surface area (Å²) in [6, 6.07) is 5.07. The fraction of sp³-hybridized carbons (Fsp3) is 0.429. The molecule has 0 spiro atoms. The van der Waals surface area contributed by atoms with Gasteiger partial charge in [0.15, 0.2) is 5.84 Å². The van der Waals surface area contributed by atoms with Gasteiger partial charge in [-0.2, -0.15) is 0 Å². The number of amidine groups is 1. The van der Waals surface area contributed by atoms with Crippen molar-refractivity contribution in [2.75, 3.05) is 12.4 Å². The minimum absolute atomic E-state index is 0.0799. The van der Waals surface area contributed by atoms with E-state index >= 15 is 0 Å². The Balaban J connectivity index is 3.18. The normalized spacial score (nSPS) is 11.5. The van der Waals surface area contributed by atoms with Crippen LogP contribution in [0.1, 0.15) is 32.3 Å². The number of oxime groups is 1. The number of amides is 1. The minimum atomic E-state index is -0.105. The van der Waals surface area contributed by atoms with Gasteiger partial charge in [-0.05, 0) is 25.0 Å². The lowest BCUT2D eigenvalue weighted by Crippen LogP contribution is -2.24. The third-order valence-corrected chi connectivity index (χ3v) is 3.23. The summed E-state index contributed by atoms with van der Waals surface area (Å²) >= 11 is 0. The SMILES string of the molecule is CCC(CC)C(=O)Nc1c(OC)cccc1/C(N)=N/O. The summed E-state index contributed by atoms with van der Waals surface area (Å²) in [6.07, 6.45) is 1.49. The number of carbonyl (C=O) groups is 1. The molecule has 0 unspecified atom stereocenters. The van der Waals surface area contributed by atoms with Crippen LogP contribution in [0.15, 0.2) is 23.4 Å². The molecule has 6 nitrogen and oxygen atoms in total. The molecule has 0 saturated carbocycles. The van der Waals surface area contributed by atoms with Gasteiger partial charge in [0.05, 0.1) is 12.8 Å². The summed E-state index contributed by atoms with van der Waals surface area (Å²) in [5.41, 5.74) is 6.47. The zero-order chi connectivity index (χ0) is 15.1. The van der Waals surface area contributed by atoms with E-state index in [-0.39, 0.29) is 17.7 Å². The molecule has 0 aliphatic rings. The van der Waals surface area contributed by atoms with Gasteiger partial charge in [-0.15, -0.1) is 0 Å². The lowest BCUT2D eigenvalue weighted by molar-refractivity contribution is -0.120. The van der Waals surface area contributed by atoms with E-state index in [4.69, 9.17) is 15.7 Å². The Morgan fingerprint density at radius 2 is 2.10 bits per heavy atom. The molecular weight excluding hydrogens is 258 g/mol. The van der Waals surface area contributed by atoms with Gasteiger partial charge in [0.25, 0.3) is 0 Å². The summed E-state index contributed by atoms with van der Waals surface area (Å²) in [5, 5.41) is 14.6. The number of methoxy groups -OCH3 is 1. The molecule has 6 heteroatoms. The van der Waals surface area contributed by atoms with Crippen molar-refractivity contribution in [1.29, 1.82) is 0 Å². The predicted molar refractivity (Wildman–Crippen MR) is 78.2 cm³/mol. The lowest BCUT2D eigenvalue weighted by atomic mass is 10.0. The Hall–Kier alpha value is -2.24. The van der Waals surface area contributed by atoms with Crippen LogP contribution in [0.4, 0.5) is 5.69 Å². The highest BCUT2D eigenvalue weighted by molar-refractivity contribution is 6.07. The Kier molecular flexibility index (Phi) is 5.83. The molecule has 0 bridgehead atoms. The van der Waals surface area contributed by atoms with E-state index in [0.29, 0.717) is 17.0 Å². The van der Waals surface area contributed by atoms with Gasteiger partial charge in [-0.3, -0.25) is 4.79 Å². The largest absolute Gasteiger partial charge is 0.495 e. The number of anilines is 1. The van der Waals surface area contributed by atoms with Crippen LogP contribution in [0.25, 0.3) is 0 Å². The van der Waals surface area contributed by atoms with E-state index in [9.17, 15) is 4.79 Å². The van der Waals surface area contributed by atoms with Crippen molar-refractivity contribution in [3.8, 4) is 5.75 Å². The summed E-state index contributed by atoms with van der Waals surface area (Å²) in [5.74, 6) is 0.198. The van der Waals surface area contributed by atoms with E-state index < -0.39 is 0 Å². The van der Waals surface area contributed by atoms with Crippen LogP contribution in [-0.4, -0.2) is 24.1 Å². The zero-order valence-electron chi connectivity index (χ0n) is 12.0. The van der Waals surface area contributed by atoms with Crippen LogP contribution < -0.4 is 15.8 Å². The second kappa shape index (κ2) is 7.37. The fourth-order valence-corrected chi connectivity index (χ4v) is 1.98. The molecule has 1 aromatic carbocycles. The monoisotopic (exact) mass is 279 g/mol. The molecule has 0 fully saturated rings. The van der Waals surface area contributed by atoms with Crippen molar-refractivity contribution in [2.45, 2.75) is 26.7 Å². The average Bonchev–Trinajstić information content (AvgIpc) is 2.47. The highest BCUT2D eigenvalue weighted by Crippen LogP contribution is 2.29. The Bertz CT molecular complexity index is 496. The van der Waals surface area contributed by atoms with Crippen LogP contribution in [0.3, 0.4) is 0 Å². The number of carbonyl (C=O) groups excluding carboxylic acids is 1. The zero-order valence-corrected chi connectivity index (χ0v) is 12.0. The number of nitrogens with two attached hydrogens (primary N) is 1. The van der Waals surface area contributed by atoms with E-state index in [1.54, 1.807) is 18.2 Å². The van der Waals surface area contributed by atoms with Gasteiger partial charge in [0, 0.05) is 11.5 Å². The second-order valence-electron chi connectivity index (χ2n) is 4.37. The van der Waals surface area contributed by atoms with Crippen molar-refractivity contribution < 1.29 is 14.7 Å². The number of nitrogens with zero attached hydrogens (tertiary/aromatic N) is 1.